The number of aryl methyl sites for hydroxylation is 1. The monoisotopic (exact) mass is 235 g/mol. The van der Waals surface area contributed by atoms with Crippen LogP contribution in [0.2, 0.25) is 0 Å². The van der Waals surface area contributed by atoms with Gasteiger partial charge in [0, 0.05) is 18.2 Å². The van der Waals surface area contributed by atoms with E-state index >= 15 is 0 Å². The van der Waals surface area contributed by atoms with Crippen molar-refractivity contribution in [3.8, 4) is 5.75 Å². The third kappa shape index (κ3) is 2.45. The van der Waals surface area contributed by atoms with Crippen LogP contribution >= 0.6 is 0 Å². The predicted octanol–water partition coefficient (Wildman–Crippen LogP) is 2.36. The average Bonchev–Trinajstić information content (AvgIpc) is 2.28. The fourth-order valence-electron chi connectivity index (χ4n) is 2.52. The van der Waals surface area contributed by atoms with Crippen molar-refractivity contribution < 1.29 is 9.47 Å². The van der Waals surface area contributed by atoms with Gasteiger partial charge in [-0.15, -0.1) is 0 Å². The highest BCUT2D eigenvalue weighted by atomic mass is 16.5. The van der Waals surface area contributed by atoms with E-state index in [-0.39, 0.29) is 11.6 Å². The van der Waals surface area contributed by atoms with E-state index in [4.69, 9.17) is 15.2 Å². The maximum atomic E-state index is 6.06. The zero-order valence-corrected chi connectivity index (χ0v) is 10.8. The molecule has 0 aliphatic carbocycles. The van der Waals surface area contributed by atoms with Crippen LogP contribution in [0.25, 0.3) is 0 Å². The molecular formula is C14H21NO2. The SMILES string of the molecule is COc1ccc(C)cc1C1(C)CC(N)CCO1. The summed E-state index contributed by atoms with van der Waals surface area (Å²) in [5.41, 5.74) is 8.05. The normalized spacial score (nSPS) is 29.1. The van der Waals surface area contributed by atoms with Gasteiger partial charge in [-0.25, -0.2) is 0 Å². The number of hydrogen-bond donors (Lipinski definition) is 1. The van der Waals surface area contributed by atoms with Gasteiger partial charge in [-0.05, 0) is 38.8 Å². The molecule has 3 heteroatoms. The van der Waals surface area contributed by atoms with Crippen molar-refractivity contribution in [1.82, 2.24) is 0 Å². The molecule has 1 aliphatic rings. The molecule has 1 aliphatic heterocycles. The topological polar surface area (TPSA) is 44.5 Å². The molecular weight excluding hydrogens is 214 g/mol. The van der Waals surface area contributed by atoms with Crippen molar-refractivity contribution in [2.75, 3.05) is 13.7 Å². The van der Waals surface area contributed by atoms with Gasteiger partial charge >= 0.3 is 0 Å². The van der Waals surface area contributed by atoms with Crippen molar-refractivity contribution in [2.45, 2.75) is 38.3 Å². The van der Waals surface area contributed by atoms with Gasteiger partial charge in [0.15, 0.2) is 0 Å². The van der Waals surface area contributed by atoms with E-state index in [1.54, 1.807) is 7.11 Å². The minimum atomic E-state index is -0.324. The lowest BCUT2D eigenvalue weighted by Gasteiger charge is -2.38. The molecule has 0 amide bonds. The van der Waals surface area contributed by atoms with Crippen molar-refractivity contribution in [1.29, 1.82) is 0 Å². The third-order valence-corrected chi connectivity index (χ3v) is 3.49. The third-order valence-electron chi connectivity index (χ3n) is 3.49. The lowest BCUT2D eigenvalue weighted by Crippen LogP contribution is -2.41. The quantitative estimate of drug-likeness (QED) is 0.855. The van der Waals surface area contributed by atoms with Gasteiger partial charge < -0.3 is 15.2 Å². The number of ether oxygens (including phenoxy) is 2. The highest BCUT2D eigenvalue weighted by molar-refractivity contribution is 5.41. The summed E-state index contributed by atoms with van der Waals surface area (Å²) < 4.78 is 11.4. The number of nitrogens with two attached hydrogens (primary N) is 1. The Kier molecular flexibility index (Phi) is 3.40. The highest BCUT2D eigenvalue weighted by Crippen LogP contribution is 2.39. The second kappa shape index (κ2) is 4.67. The largest absolute Gasteiger partial charge is 0.496 e. The molecule has 0 spiro atoms. The summed E-state index contributed by atoms with van der Waals surface area (Å²) in [6.07, 6.45) is 1.77. The van der Waals surface area contributed by atoms with E-state index in [0.29, 0.717) is 0 Å². The maximum Gasteiger partial charge on any atom is 0.124 e. The Morgan fingerprint density at radius 1 is 1.47 bits per heavy atom. The van der Waals surface area contributed by atoms with Crippen LogP contribution in [-0.4, -0.2) is 19.8 Å². The first-order valence-electron chi connectivity index (χ1n) is 6.10. The standard InChI is InChI=1S/C14H21NO2/c1-10-4-5-13(16-3)12(8-10)14(2)9-11(15)6-7-17-14/h4-5,8,11H,6-7,9,15H2,1-3H3. The van der Waals surface area contributed by atoms with E-state index in [1.807, 2.05) is 6.07 Å². The first-order valence-corrected chi connectivity index (χ1v) is 6.10. The van der Waals surface area contributed by atoms with Gasteiger partial charge in [0.1, 0.15) is 5.75 Å². The zero-order valence-electron chi connectivity index (χ0n) is 10.8. The minimum Gasteiger partial charge on any atom is -0.496 e. The molecule has 1 aromatic carbocycles. The molecule has 0 saturated carbocycles. The molecule has 3 nitrogen and oxygen atoms in total. The molecule has 94 valence electrons. The second-order valence-electron chi connectivity index (χ2n) is 5.04. The van der Waals surface area contributed by atoms with E-state index in [1.165, 1.54) is 5.56 Å². The Hall–Kier alpha value is -1.06. The molecule has 2 unspecified atom stereocenters. The van der Waals surface area contributed by atoms with Crippen LogP contribution in [0, 0.1) is 6.92 Å². The van der Waals surface area contributed by atoms with Gasteiger partial charge in [0.2, 0.25) is 0 Å². The molecule has 2 rings (SSSR count). The van der Waals surface area contributed by atoms with E-state index in [0.717, 1.165) is 30.8 Å². The minimum absolute atomic E-state index is 0.207. The molecule has 1 aromatic rings. The van der Waals surface area contributed by atoms with Crippen LogP contribution in [0.1, 0.15) is 30.9 Å². The summed E-state index contributed by atoms with van der Waals surface area (Å²) in [6, 6.07) is 6.39. The lowest BCUT2D eigenvalue weighted by atomic mass is 9.85. The summed E-state index contributed by atoms with van der Waals surface area (Å²) >= 11 is 0. The summed E-state index contributed by atoms with van der Waals surface area (Å²) in [4.78, 5) is 0. The van der Waals surface area contributed by atoms with Crippen molar-refractivity contribution in [3.05, 3.63) is 29.3 Å². The van der Waals surface area contributed by atoms with E-state index in [2.05, 4.69) is 26.0 Å². The van der Waals surface area contributed by atoms with Crippen LogP contribution in [-0.2, 0) is 10.3 Å². The second-order valence-corrected chi connectivity index (χ2v) is 5.04. The molecule has 2 atom stereocenters. The number of methoxy groups -OCH3 is 1. The summed E-state index contributed by atoms with van der Waals surface area (Å²) in [7, 11) is 1.69. The Labute approximate surface area is 103 Å². The molecule has 0 bridgehead atoms. The Morgan fingerprint density at radius 2 is 2.24 bits per heavy atom. The van der Waals surface area contributed by atoms with Gasteiger partial charge in [-0.1, -0.05) is 11.6 Å². The number of benzene rings is 1. The van der Waals surface area contributed by atoms with Gasteiger partial charge in [-0.3, -0.25) is 0 Å². The van der Waals surface area contributed by atoms with Gasteiger partial charge in [0.25, 0.3) is 0 Å². The molecule has 17 heavy (non-hydrogen) atoms. The van der Waals surface area contributed by atoms with Crippen LogP contribution in [0.4, 0.5) is 0 Å². The van der Waals surface area contributed by atoms with Crippen molar-refractivity contribution in [3.63, 3.8) is 0 Å². The zero-order chi connectivity index (χ0) is 12.5. The fraction of sp³-hybridized carbons (Fsp3) is 0.571. The van der Waals surface area contributed by atoms with Gasteiger partial charge in [-0.2, -0.15) is 0 Å². The Bertz CT molecular complexity index is 405. The maximum absolute atomic E-state index is 6.06. The first-order chi connectivity index (χ1) is 8.05. The van der Waals surface area contributed by atoms with E-state index < -0.39 is 0 Å². The van der Waals surface area contributed by atoms with Crippen molar-refractivity contribution in [2.24, 2.45) is 5.73 Å². The summed E-state index contributed by atoms with van der Waals surface area (Å²) in [5, 5.41) is 0. The summed E-state index contributed by atoms with van der Waals surface area (Å²) in [5.74, 6) is 0.882. The Balaban J connectivity index is 2.40. The van der Waals surface area contributed by atoms with E-state index in [9.17, 15) is 0 Å². The molecule has 1 saturated heterocycles. The lowest BCUT2D eigenvalue weighted by molar-refractivity contribution is -0.0777. The molecule has 1 heterocycles. The van der Waals surface area contributed by atoms with Crippen LogP contribution in [0.5, 0.6) is 5.75 Å². The predicted molar refractivity (Wildman–Crippen MR) is 68.2 cm³/mol. The van der Waals surface area contributed by atoms with Crippen LogP contribution in [0.3, 0.4) is 0 Å². The smallest absolute Gasteiger partial charge is 0.124 e. The number of rotatable bonds is 2. The molecule has 0 aromatic heterocycles. The van der Waals surface area contributed by atoms with Crippen LogP contribution < -0.4 is 10.5 Å². The molecule has 0 radical (unpaired) electrons. The van der Waals surface area contributed by atoms with Crippen LogP contribution in [0.15, 0.2) is 18.2 Å². The molecule has 1 fully saturated rings. The highest BCUT2D eigenvalue weighted by Gasteiger charge is 2.35. The van der Waals surface area contributed by atoms with Gasteiger partial charge in [0.05, 0.1) is 12.7 Å². The average molecular weight is 235 g/mol. The Morgan fingerprint density at radius 3 is 2.88 bits per heavy atom. The molecule has 2 N–H and O–H groups in total. The summed E-state index contributed by atoms with van der Waals surface area (Å²) in [6.45, 7) is 4.90. The fourth-order valence-corrected chi connectivity index (χ4v) is 2.52. The number of hydrogen-bond acceptors (Lipinski definition) is 3. The van der Waals surface area contributed by atoms with Crippen molar-refractivity contribution >= 4 is 0 Å². The first kappa shape index (κ1) is 12.4.